The number of carbonyl (C=O) groups is 2. The third-order valence-corrected chi connectivity index (χ3v) is 7.94. The second-order valence-electron chi connectivity index (χ2n) is 8.49. The molecule has 0 unspecified atom stereocenters. The van der Waals surface area contributed by atoms with Gasteiger partial charge in [0.2, 0.25) is 5.91 Å². The second-order valence-corrected chi connectivity index (χ2v) is 10.7. The Balaban J connectivity index is 1.72. The monoisotopic (exact) mass is 484 g/mol. The molecule has 4 rings (SSSR count). The van der Waals surface area contributed by atoms with E-state index in [9.17, 15) is 28.1 Å². The number of pyridine rings is 1. The Labute approximate surface area is 195 Å². The maximum Gasteiger partial charge on any atom is 0.267 e. The first-order chi connectivity index (χ1) is 16.2. The summed E-state index contributed by atoms with van der Waals surface area (Å²) in [6, 6.07) is 6.31. The van der Waals surface area contributed by atoms with Crippen molar-refractivity contribution in [2.75, 3.05) is 29.5 Å². The lowest BCUT2D eigenvalue weighted by Gasteiger charge is -2.32. The number of nitrogens with zero attached hydrogens (tertiary/aromatic N) is 4. The minimum Gasteiger partial charge on any atom is -0.369 e. The van der Waals surface area contributed by atoms with Crippen LogP contribution in [0.2, 0.25) is 0 Å². The number of piperidine rings is 1. The highest BCUT2D eigenvalue weighted by atomic mass is 32.2. The number of anilines is 1. The van der Waals surface area contributed by atoms with E-state index in [1.165, 1.54) is 10.5 Å². The molecular formula is C22H24N6O5S. The fourth-order valence-corrected chi connectivity index (χ4v) is 5.97. The highest BCUT2D eigenvalue weighted by Crippen LogP contribution is 2.25. The zero-order valence-electron chi connectivity index (χ0n) is 18.3. The fraction of sp³-hybridized carbons (Fsp3) is 0.409. The van der Waals surface area contributed by atoms with Gasteiger partial charge in [-0.25, -0.2) is 13.4 Å². The maximum atomic E-state index is 13.3. The third kappa shape index (κ3) is 4.79. The number of aromatic nitrogens is 2. The summed E-state index contributed by atoms with van der Waals surface area (Å²) in [5.74, 6) is -1.28. The number of nitriles is 1. The summed E-state index contributed by atoms with van der Waals surface area (Å²) in [5.41, 5.74) is 5.10. The summed E-state index contributed by atoms with van der Waals surface area (Å²) in [4.78, 5) is 44.1. The predicted octanol–water partition coefficient (Wildman–Crippen LogP) is -0.394. The van der Waals surface area contributed by atoms with Crippen LogP contribution in [0.3, 0.4) is 0 Å². The highest BCUT2D eigenvalue weighted by molar-refractivity contribution is 7.91. The Morgan fingerprint density at radius 1 is 1.24 bits per heavy atom. The van der Waals surface area contributed by atoms with Gasteiger partial charge in [-0.15, -0.1) is 0 Å². The third-order valence-electron chi connectivity index (χ3n) is 6.17. The molecule has 11 nitrogen and oxygen atoms in total. The molecule has 2 saturated heterocycles. The molecule has 178 valence electrons. The van der Waals surface area contributed by atoms with E-state index in [1.807, 2.05) is 11.0 Å². The molecule has 1 atom stereocenters. The Hall–Kier alpha value is -3.72. The van der Waals surface area contributed by atoms with Gasteiger partial charge >= 0.3 is 0 Å². The van der Waals surface area contributed by atoms with Crippen molar-refractivity contribution in [3.8, 4) is 6.07 Å². The average Bonchev–Trinajstić information content (AvgIpc) is 3.16. The number of hydrogen-bond acceptors (Lipinski definition) is 8. The molecule has 0 saturated carbocycles. The van der Waals surface area contributed by atoms with Gasteiger partial charge in [0, 0.05) is 31.2 Å². The summed E-state index contributed by atoms with van der Waals surface area (Å²) < 4.78 is 24.7. The number of fused-ring (bicyclic) bond motifs is 1. The van der Waals surface area contributed by atoms with E-state index in [4.69, 9.17) is 5.73 Å². The molecule has 2 aliphatic rings. The van der Waals surface area contributed by atoms with Crippen LogP contribution in [0.25, 0.3) is 11.7 Å². The van der Waals surface area contributed by atoms with Crippen molar-refractivity contribution in [2.45, 2.75) is 25.3 Å². The average molecular weight is 485 g/mol. The Morgan fingerprint density at radius 2 is 1.97 bits per heavy atom. The van der Waals surface area contributed by atoms with Crippen molar-refractivity contribution in [3.05, 3.63) is 45.9 Å². The normalized spacial score (nSPS) is 20.7. The first kappa shape index (κ1) is 23.4. The SMILES string of the molecule is N#C/C(=C\c1c(N2CCC(C(N)=O)CC2)nc2ccccn2c1=O)C(=O)N[C@@H]1CCS(=O)(=O)C1. The molecule has 0 aromatic carbocycles. The van der Waals surface area contributed by atoms with Gasteiger partial charge in [-0.3, -0.25) is 18.8 Å². The van der Waals surface area contributed by atoms with E-state index in [0.717, 1.165) is 0 Å². The predicted molar refractivity (Wildman–Crippen MR) is 124 cm³/mol. The zero-order chi connectivity index (χ0) is 24.5. The first-order valence-electron chi connectivity index (χ1n) is 10.9. The largest absolute Gasteiger partial charge is 0.369 e. The quantitative estimate of drug-likeness (QED) is 0.427. The van der Waals surface area contributed by atoms with Gasteiger partial charge < -0.3 is 16.0 Å². The molecule has 3 N–H and O–H groups in total. The molecule has 12 heteroatoms. The van der Waals surface area contributed by atoms with E-state index < -0.39 is 27.3 Å². The summed E-state index contributed by atoms with van der Waals surface area (Å²) in [5, 5.41) is 12.2. The Morgan fingerprint density at radius 3 is 2.59 bits per heavy atom. The minimum absolute atomic E-state index is 0.0229. The van der Waals surface area contributed by atoms with E-state index in [1.54, 1.807) is 24.4 Å². The molecule has 2 aromatic rings. The minimum atomic E-state index is -3.22. The van der Waals surface area contributed by atoms with Crippen molar-refractivity contribution in [3.63, 3.8) is 0 Å². The first-order valence-corrected chi connectivity index (χ1v) is 12.7. The van der Waals surface area contributed by atoms with E-state index in [-0.39, 0.29) is 40.9 Å². The summed E-state index contributed by atoms with van der Waals surface area (Å²) in [7, 11) is -3.22. The molecule has 4 heterocycles. The van der Waals surface area contributed by atoms with Gasteiger partial charge in [-0.2, -0.15) is 5.26 Å². The second kappa shape index (κ2) is 9.26. The van der Waals surface area contributed by atoms with Crippen molar-refractivity contribution >= 4 is 39.2 Å². The van der Waals surface area contributed by atoms with Crippen molar-refractivity contribution in [1.29, 1.82) is 5.26 Å². The smallest absolute Gasteiger partial charge is 0.267 e. The van der Waals surface area contributed by atoms with Crippen LogP contribution in [0.15, 0.2) is 34.8 Å². The van der Waals surface area contributed by atoms with Gasteiger partial charge in [-0.05, 0) is 37.5 Å². The molecule has 34 heavy (non-hydrogen) atoms. The van der Waals surface area contributed by atoms with Crippen LogP contribution in [-0.4, -0.2) is 60.3 Å². The number of sulfone groups is 1. The number of nitrogens with one attached hydrogen (secondary N) is 1. The molecule has 0 aliphatic carbocycles. The van der Waals surface area contributed by atoms with Gasteiger partial charge in [0.05, 0.1) is 17.1 Å². The Kier molecular flexibility index (Phi) is 6.39. The van der Waals surface area contributed by atoms with Crippen LogP contribution in [-0.2, 0) is 19.4 Å². The molecule has 0 radical (unpaired) electrons. The van der Waals surface area contributed by atoms with Crippen LogP contribution in [0.5, 0.6) is 0 Å². The van der Waals surface area contributed by atoms with Crippen LogP contribution in [0.4, 0.5) is 5.82 Å². The summed E-state index contributed by atoms with van der Waals surface area (Å²) in [6.07, 6.45) is 4.00. The fourth-order valence-electron chi connectivity index (χ4n) is 4.30. The molecular weight excluding hydrogens is 460 g/mol. The van der Waals surface area contributed by atoms with Gasteiger partial charge in [-0.1, -0.05) is 6.07 Å². The number of hydrogen-bond donors (Lipinski definition) is 2. The Bertz CT molecular complexity index is 1380. The lowest BCUT2D eigenvalue weighted by atomic mass is 9.96. The molecule has 2 fully saturated rings. The van der Waals surface area contributed by atoms with Crippen molar-refractivity contribution < 1.29 is 18.0 Å². The lowest BCUT2D eigenvalue weighted by molar-refractivity contribution is -0.122. The number of nitrogens with two attached hydrogens (primary N) is 1. The summed E-state index contributed by atoms with van der Waals surface area (Å²) >= 11 is 0. The maximum absolute atomic E-state index is 13.3. The van der Waals surface area contributed by atoms with E-state index in [0.29, 0.717) is 37.4 Å². The zero-order valence-corrected chi connectivity index (χ0v) is 19.1. The van der Waals surface area contributed by atoms with E-state index >= 15 is 0 Å². The van der Waals surface area contributed by atoms with Crippen LogP contribution < -0.4 is 21.5 Å². The van der Waals surface area contributed by atoms with Crippen LogP contribution >= 0.6 is 0 Å². The van der Waals surface area contributed by atoms with Crippen molar-refractivity contribution in [1.82, 2.24) is 14.7 Å². The number of primary amides is 1. The number of carbonyl (C=O) groups excluding carboxylic acids is 2. The number of amides is 2. The molecule has 2 aliphatic heterocycles. The molecule has 2 amide bonds. The van der Waals surface area contributed by atoms with Crippen LogP contribution in [0, 0.1) is 17.2 Å². The highest BCUT2D eigenvalue weighted by Gasteiger charge is 2.30. The van der Waals surface area contributed by atoms with E-state index in [2.05, 4.69) is 10.3 Å². The van der Waals surface area contributed by atoms with Crippen molar-refractivity contribution in [2.24, 2.45) is 11.7 Å². The molecule has 0 bridgehead atoms. The summed E-state index contributed by atoms with van der Waals surface area (Å²) in [6.45, 7) is 0.857. The standard InChI is InChI=1S/C22H24N6O5S/c23-12-15(21(30)25-16-6-10-34(32,33)13-16)11-17-20(27-8-4-14(5-9-27)19(24)29)26-18-3-1-2-7-28(18)22(17)31/h1-3,7,11,14,16H,4-6,8-10,13H2,(H2,24,29)(H,25,30)/b15-11+/t16-/m1/s1. The van der Waals surface area contributed by atoms with Gasteiger partial charge in [0.25, 0.3) is 11.5 Å². The molecule has 2 aromatic heterocycles. The molecule has 0 spiro atoms. The topological polar surface area (TPSA) is 168 Å². The van der Waals surface area contributed by atoms with Crippen LogP contribution in [0.1, 0.15) is 24.8 Å². The number of rotatable bonds is 5. The van der Waals surface area contributed by atoms with Gasteiger partial charge in [0.1, 0.15) is 23.1 Å². The lowest BCUT2D eigenvalue weighted by Crippen LogP contribution is -2.40. The van der Waals surface area contributed by atoms with Gasteiger partial charge in [0.15, 0.2) is 9.84 Å².